The predicted molar refractivity (Wildman–Crippen MR) is 134 cm³/mol. The topological polar surface area (TPSA) is 84.0 Å². The van der Waals surface area contributed by atoms with E-state index in [1.165, 1.54) is 28.6 Å². The lowest BCUT2D eigenvalue weighted by Crippen LogP contribution is -2.48. The van der Waals surface area contributed by atoms with Crippen molar-refractivity contribution in [3.63, 3.8) is 0 Å². The summed E-state index contributed by atoms with van der Waals surface area (Å²) in [6.07, 6.45) is 0.866. The molecule has 0 spiro atoms. The van der Waals surface area contributed by atoms with Gasteiger partial charge < -0.3 is 9.64 Å². The van der Waals surface area contributed by atoms with Crippen LogP contribution in [0.2, 0.25) is 0 Å². The van der Waals surface area contributed by atoms with Crippen molar-refractivity contribution in [1.82, 2.24) is 4.31 Å². The number of anilines is 1. The number of ether oxygens (including phenoxy) is 1. The summed E-state index contributed by atoms with van der Waals surface area (Å²) in [6.45, 7) is 3.45. The molecule has 8 heteroatoms. The Hall–Kier alpha value is -3.49. The summed E-state index contributed by atoms with van der Waals surface area (Å²) in [5.74, 6) is -1.06. The van der Waals surface area contributed by atoms with E-state index in [2.05, 4.69) is 4.90 Å². The van der Waals surface area contributed by atoms with Gasteiger partial charge in [0.1, 0.15) is 0 Å². The fourth-order valence-corrected chi connectivity index (χ4v) is 5.45. The number of piperazine rings is 1. The molecule has 35 heavy (non-hydrogen) atoms. The SMILES string of the molecule is CCc1ccc(C(=O)COC(=O)c2cccc(S(=O)(=O)N3CCN(c4ccccc4)CC3)c2)cc1. The molecular weight excluding hydrogens is 464 g/mol. The lowest BCUT2D eigenvalue weighted by Gasteiger charge is -2.35. The van der Waals surface area contributed by atoms with Crippen LogP contribution in [0.15, 0.2) is 83.8 Å². The number of hydrogen-bond acceptors (Lipinski definition) is 6. The highest BCUT2D eigenvalue weighted by Crippen LogP contribution is 2.22. The number of carbonyl (C=O) groups excluding carboxylic acids is 2. The molecular formula is C27H28N2O5S. The van der Waals surface area contributed by atoms with Crippen molar-refractivity contribution in [3.05, 3.63) is 95.6 Å². The maximum atomic E-state index is 13.2. The van der Waals surface area contributed by atoms with Crippen LogP contribution < -0.4 is 4.90 Å². The molecule has 0 aliphatic carbocycles. The first-order chi connectivity index (χ1) is 16.9. The highest BCUT2D eigenvalue weighted by Gasteiger charge is 2.29. The third-order valence-electron chi connectivity index (χ3n) is 6.09. The first-order valence-electron chi connectivity index (χ1n) is 11.6. The minimum Gasteiger partial charge on any atom is -0.454 e. The second kappa shape index (κ2) is 10.8. The second-order valence-corrected chi connectivity index (χ2v) is 10.2. The zero-order valence-corrected chi connectivity index (χ0v) is 20.4. The van der Waals surface area contributed by atoms with Crippen LogP contribution in [-0.2, 0) is 21.2 Å². The van der Waals surface area contributed by atoms with Crippen LogP contribution in [0.1, 0.15) is 33.2 Å². The molecule has 3 aromatic rings. The van der Waals surface area contributed by atoms with E-state index in [4.69, 9.17) is 4.74 Å². The van der Waals surface area contributed by atoms with E-state index in [1.807, 2.05) is 49.4 Å². The predicted octanol–water partition coefficient (Wildman–Crippen LogP) is 3.80. The van der Waals surface area contributed by atoms with Gasteiger partial charge in [0, 0.05) is 37.4 Å². The van der Waals surface area contributed by atoms with E-state index >= 15 is 0 Å². The number of para-hydroxylation sites is 1. The van der Waals surface area contributed by atoms with Gasteiger partial charge in [-0.05, 0) is 42.3 Å². The Kier molecular flexibility index (Phi) is 7.63. The Morgan fingerprint density at radius 2 is 1.51 bits per heavy atom. The van der Waals surface area contributed by atoms with Crippen LogP contribution in [0, 0.1) is 0 Å². The number of rotatable bonds is 8. The van der Waals surface area contributed by atoms with Crippen LogP contribution in [-0.4, -0.2) is 57.3 Å². The van der Waals surface area contributed by atoms with Crippen LogP contribution in [0.3, 0.4) is 0 Å². The smallest absolute Gasteiger partial charge is 0.338 e. The van der Waals surface area contributed by atoms with Gasteiger partial charge in [0.15, 0.2) is 12.4 Å². The Bertz CT molecular complexity index is 1280. The second-order valence-electron chi connectivity index (χ2n) is 8.30. The quantitative estimate of drug-likeness (QED) is 0.351. The van der Waals surface area contributed by atoms with E-state index in [9.17, 15) is 18.0 Å². The summed E-state index contributed by atoms with van der Waals surface area (Å²) < 4.78 is 33.0. The monoisotopic (exact) mass is 492 g/mol. The number of esters is 1. The van der Waals surface area contributed by atoms with E-state index in [1.54, 1.807) is 12.1 Å². The van der Waals surface area contributed by atoms with Crippen molar-refractivity contribution < 1.29 is 22.7 Å². The summed E-state index contributed by atoms with van der Waals surface area (Å²) in [5.41, 5.74) is 2.72. The van der Waals surface area contributed by atoms with Crippen molar-refractivity contribution >= 4 is 27.5 Å². The zero-order chi connectivity index (χ0) is 24.8. The number of benzene rings is 3. The lowest BCUT2D eigenvalue weighted by atomic mass is 10.1. The number of hydrogen-bond donors (Lipinski definition) is 0. The molecule has 1 aliphatic rings. The molecule has 0 atom stereocenters. The Morgan fingerprint density at radius 3 is 2.17 bits per heavy atom. The van der Waals surface area contributed by atoms with Gasteiger partial charge in [-0.25, -0.2) is 13.2 Å². The first kappa shape index (κ1) is 24.6. The molecule has 0 N–H and O–H groups in total. The van der Waals surface area contributed by atoms with E-state index in [0.717, 1.165) is 17.7 Å². The third kappa shape index (κ3) is 5.78. The van der Waals surface area contributed by atoms with Crippen molar-refractivity contribution in [2.24, 2.45) is 0 Å². The summed E-state index contributed by atoms with van der Waals surface area (Å²) in [5, 5.41) is 0. The largest absolute Gasteiger partial charge is 0.454 e. The Labute approximate surface area is 206 Å². The van der Waals surface area contributed by atoms with Crippen LogP contribution >= 0.6 is 0 Å². The minimum absolute atomic E-state index is 0.0293. The fourth-order valence-electron chi connectivity index (χ4n) is 3.98. The van der Waals surface area contributed by atoms with Gasteiger partial charge in [0.25, 0.3) is 0 Å². The van der Waals surface area contributed by atoms with Gasteiger partial charge in [-0.15, -0.1) is 0 Å². The fraction of sp³-hybridized carbons (Fsp3) is 0.259. The normalized spacial score (nSPS) is 14.5. The average molecular weight is 493 g/mol. The summed E-state index contributed by atoms with van der Waals surface area (Å²) >= 11 is 0. The van der Waals surface area contributed by atoms with Gasteiger partial charge in [-0.2, -0.15) is 4.31 Å². The first-order valence-corrected chi connectivity index (χ1v) is 13.0. The van der Waals surface area contributed by atoms with Crippen molar-refractivity contribution in [2.75, 3.05) is 37.7 Å². The molecule has 182 valence electrons. The number of Topliss-reactive ketones (excluding diaryl/α,β-unsaturated/α-hetero) is 1. The van der Waals surface area contributed by atoms with Gasteiger partial charge in [-0.3, -0.25) is 4.79 Å². The molecule has 0 amide bonds. The summed E-state index contributed by atoms with van der Waals surface area (Å²) in [7, 11) is -3.77. The molecule has 0 bridgehead atoms. The average Bonchev–Trinajstić information content (AvgIpc) is 2.92. The van der Waals surface area contributed by atoms with Crippen molar-refractivity contribution in [1.29, 1.82) is 0 Å². The van der Waals surface area contributed by atoms with Crippen LogP contribution in [0.25, 0.3) is 0 Å². The number of sulfonamides is 1. The van der Waals surface area contributed by atoms with Gasteiger partial charge in [-0.1, -0.05) is 55.5 Å². The molecule has 0 unspecified atom stereocenters. The Morgan fingerprint density at radius 1 is 0.829 bits per heavy atom. The molecule has 4 rings (SSSR count). The molecule has 3 aromatic carbocycles. The molecule has 1 aliphatic heterocycles. The van der Waals surface area contributed by atoms with Crippen molar-refractivity contribution in [2.45, 2.75) is 18.2 Å². The summed E-state index contributed by atoms with van der Waals surface area (Å²) in [6, 6.07) is 22.8. The molecule has 0 aromatic heterocycles. The van der Waals surface area contributed by atoms with E-state index in [0.29, 0.717) is 31.7 Å². The highest BCUT2D eigenvalue weighted by molar-refractivity contribution is 7.89. The van der Waals surface area contributed by atoms with E-state index in [-0.39, 0.29) is 16.2 Å². The molecule has 7 nitrogen and oxygen atoms in total. The third-order valence-corrected chi connectivity index (χ3v) is 7.98. The Balaban J connectivity index is 1.38. The number of carbonyl (C=O) groups is 2. The lowest BCUT2D eigenvalue weighted by molar-refractivity contribution is 0.0474. The molecule has 1 saturated heterocycles. The van der Waals surface area contributed by atoms with Gasteiger partial charge in [0.05, 0.1) is 10.5 Å². The maximum absolute atomic E-state index is 13.2. The zero-order valence-electron chi connectivity index (χ0n) is 19.6. The van der Waals surface area contributed by atoms with Crippen LogP contribution in [0.4, 0.5) is 5.69 Å². The summed E-state index contributed by atoms with van der Waals surface area (Å²) in [4.78, 5) is 27.1. The van der Waals surface area contributed by atoms with E-state index < -0.39 is 22.6 Å². The molecule has 1 fully saturated rings. The molecule has 0 saturated carbocycles. The molecule has 0 radical (unpaired) electrons. The number of aryl methyl sites for hydroxylation is 1. The van der Waals surface area contributed by atoms with Crippen LogP contribution in [0.5, 0.6) is 0 Å². The standard InChI is InChI=1S/C27H28N2O5S/c1-2-21-11-13-22(14-12-21)26(30)20-34-27(31)23-7-6-10-25(19-23)35(32,33)29-17-15-28(16-18-29)24-8-4-3-5-9-24/h3-14,19H,2,15-18,20H2,1H3. The molecule has 1 heterocycles. The van der Waals surface area contributed by atoms with Gasteiger partial charge in [0.2, 0.25) is 10.0 Å². The number of ketones is 1. The minimum atomic E-state index is -3.77. The number of nitrogens with zero attached hydrogens (tertiary/aromatic N) is 2. The highest BCUT2D eigenvalue weighted by atomic mass is 32.2. The van der Waals surface area contributed by atoms with Gasteiger partial charge >= 0.3 is 5.97 Å². The van der Waals surface area contributed by atoms with Crippen molar-refractivity contribution in [3.8, 4) is 0 Å². The maximum Gasteiger partial charge on any atom is 0.338 e.